The lowest BCUT2D eigenvalue weighted by Crippen LogP contribution is -2.22. The van der Waals surface area contributed by atoms with E-state index in [-0.39, 0.29) is 0 Å². The van der Waals surface area contributed by atoms with Crippen LogP contribution in [0.2, 0.25) is 0 Å². The van der Waals surface area contributed by atoms with Gasteiger partial charge in [-0.15, -0.1) is 0 Å². The third-order valence-corrected chi connectivity index (χ3v) is 2.90. The Morgan fingerprint density at radius 2 is 2.14 bits per heavy atom. The van der Waals surface area contributed by atoms with Crippen molar-refractivity contribution in [2.45, 2.75) is 20.3 Å². The maximum absolute atomic E-state index is 10.9. The lowest BCUT2D eigenvalue weighted by atomic mass is 9.89. The first-order chi connectivity index (χ1) is 6.38. The lowest BCUT2D eigenvalue weighted by Gasteiger charge is -2.19. The first-order valence-corrected chi connectivity index (χ1v) is 6.64. The predicted molar refractivity (Wildman–Crippen MR) is 58.1 cm³/mol. The maximum Gasteiger partial charge on any atom is 0.229 e. The number of rotatable bonds is 3. The highest BCUT2D eigenvalue weighted by molar-refractivity contribution is 7.88. The molecule has 0 amide bonds. The molecule has 1 unspecified atom stereocenters. The Balaban J connectivity index is 2.60. The van der Waals surface area contributed by atoms with Crippen molar-refractivity contribution in [3.63, 3.8) is 0 Å². The van der Waals surface area contributed by atoms with Crippen molar-refractivity contribution in [3.05, 3.63) is 23.9 Å². The van der Waals surface area contributed by atoms with Gasteiger partial charge in [-0.3, -0.25) is 4.72 Å². The van der Waals surface area contributed by atoms with Gasteiger partial charge in [-0.1, -0.05) is 26.0 Å². The molecule has 14 heavy (non-hydrogen) atoms. The van der Waals surface area contributed by atoms with Crippen LogP contribution >= 0.6 is 0 Å². The second-order valence-corrected chi connectivity index (χ2v) is 5.78. The van der Waals surface area contributed by atoms with Crippen molar-refractivity contribution < 1.29 is 8.42 Å². The molecule has 0 aromatic rings. The van der Waals surface area contributed by atoms with Gasteiger partial charge < -0.3 is 0 Å². The molecule has 0 spiro atoms. The van der Waals surface area contributed by atoms with E-state index >= 15 is 0 Å². The molecule has 3 nitrogen and oxygen atoms in total. The fourth-order valence-corrected chi connectivity index (χ4v) is 2.00. The fraction of sp³-hybridized carbons (Fsp3) is 0.600. The molecule has 0 radical (unpaired) electrons. The van der Waals surface area contributed by atoms with Gasteiger partial charge in [0.1, 0.15) is 0 Å². The molecule has 0 heterocycles. The van der Waals surface area contributed by atoms with Gasteiger partial charge in [-0.2, -0.15) is 0 Å². The normalized spacial score (nSPS) is 22.3. The topological polar surface area (TPSA) is 46.2 Å². The molecule has 0 aromatic heterocycles. The van der Waals surface area contributed by atoms with Crippen LogP contribution in [0.5, 0.6) is 0 Å². The highest BCUT2D eigenvalue weighted by Gasteiger charge is 2.13. The monoisotopic (exact) mass is 215 g/mol. The van der Waals surface area contributed by atoms with Crippen LogP contribution in [0.25, 0.3) is 0 Å². The van der Waals surface area contributed by atoms with Crippen LogP contribution in [0.4, 0.5) is 0 Å². The molecule has 1 N–H and O–H groups in total. The van der Waals surface area contributed by atoms with Crippen molar-refractivity contribution in [1.82, 2.24) is 4.72 Å². The molecule has 1 rings (SSSR count). The van der Waals surface area contributed by atoms with Crippen LogP contribution in [-0.2, 0) is 10.0 Å². The summed E-state index contributed by atoms with van der Waals surface area (Å²) in [7, 11) is -3.13. The molecule has 0 saturated heterocycles. The summed E-state index contributed by atoms with van der Waals surface area (Å²) in [6, 6.07) is 0. The zero-order valence-electron chi connectivity index (χ0n) is 8.82. The Labute approximate surface area is 85.9 Å². The number of nitrogens with one attached hydrogen (secondary N) is 1. The lowest BCUT2D eigenvalue weighted by molar-refractivity contribution is 0.465. The van der Waals surface area contributed by atoms with Crippen molar-refractivity contribution >= 4 is 10.0 Å². The van der Waals surface area contributed by atoms with Crippen LogP contribution in [0, 0.1) is 11.8 Å². The fourth-order valence-electron chi connectivity index (χ4n) is 1.42. The molecule has 0 aliphatic heterocycles. The summed E-state index contributed by atoms with van der Waals surface area (Å²) in [6.07, 6.45) is 7.92. The van der Waals surface area contributed by atoms with E-state index in [2.05, 4.69) is 24.6 Å². The van der Waals surface area contributed by atoms with E-state index in [4.69, 9.17) is 0 Å². The highest BCUT2D eigenvalue weighted by atomic mass is 32.2. The first-order valence-electron chi connectivity index (χ1n) is 4.74. The van der Waals surface area contributed by atoms with Gasteiger partial charge in [0.15, 0.2) is 0 Å². The highest BCUT2D eigenvalue weighted by Crippen LogP contribution is 2.22. The van der Waals surface area contributed by atoms with Gasteiger partial charge in [0, 0.05) is 5.70 Å². The summed E-state index contributed by atoms with van der Waals surface area (Å²) >= 11 is 0. The Morgan fingerprint density at radius 1 is 1.50 bits per heavy atom. The van der Waals surface area contributed by atoms with Crippen molar-refractivity contribution in [1.29, 1.82) is 0 Å². The van der Waals surface area contributed by atoms with Gasteiger partial charge >= 0.3 is 0 Å². The molecule has 1 atom stereocenters. The summed E-state index contributed by atoms with van der Waals surface area (Å²) < 4.78 is 24.3. The SMILES string of the molecule is CC(C)C1C=CC(NS(C)(=O)=O)=CC1. The third-order valence-electron chi connectivity index (χ3n) is 2.29. The van der Waals surface area contributed by atoms with Gasteiger partial charge in [0.25, 0.3) is 0 Å². The van der Waals surface area contributed by atoms with E-state index in [1.54, 1.807) is 0 Å². The zero-order valence-corrected chi connectivity index (χ0v) is 9.64. The number of allylic oxidation sites excluding steroid dienone is 3. The Bertz CT molecular complexity index is 352. The molecular weight excluding hydrogens is 198 g/mol. The summed E-state index contributed by atoms with van der Waals surface area (Å²) in [5.41, 5.74) is 0.685. The molecule has 4 heteroatoms. The predicted octanol–water partition coefficient (Wildman–Crippen LogP) is 1.65. The smallest absolute Gasteiger partial charge is 0.229 e. The quantitative estimate of drug-likeness (QED) is 0.778. The molecule has 0 bridgehead atoms. The first kappa shape index (κ1) is 11.3. The summed E-state index contributed by atoms with van der Waals surface area (Å²) in [6.45, 7) is 4.33. The van der Waals surface area contributed by atoms with Crippen LogP contribution in [-0.4, -0.2) is 14.7 Å². The molecule has 0 saturated carbocycles. The largest absolute Gasteiger partial charge is 0.284 e. The summed E-state index contributed by atoms with van der Waals surface area (Å²) in [5, 5.41) is 0. The minimum absolute atomic E-state index is 0.528. The van der Waals surface area contributed by atoms with Gasteiger partial charge in [-0.05, 0) is 24.3 Å². The second-order valence-electron chi connectivity index (χ2n) is 4.04. The summed E-state index contributed by atoms with van der Waals surface area (Å²) in [4.78, 5) is 0. The Kier molecular flexibility index (Phi) is 3.37. The van der Waals surface area contributed by atoms with Crippen LogP contribution in [0.3, 0.4) is 0 Å². The van der Waals surface area contributed by atoms with E-state index in [1.807, 2.05) is 12.2 Å². The van der Waals surface area contributed by atoms with Gasteiger partial charge in [0.05, 0.1) is 6.26 Å². The molecular formula is C10H17NO2S. The standard InChI is InChI=1S/C10H17NO2S/c1-8(2)9-4-6-10(7-5-9)11-14(3,12)13/h4,6-9,11H,5H2,1-3H3. The maximum atomic E-state index is 10.9. The van der Waals surface area contributed by atoms with Crippen LogP contribution in [0.1, 0.15) is 20.3 Å². The van der Waals surface area contributed by atoms with E-state index in [0.29, 0.717) is 17.5 Å². The van der Waals surface area contributed by atoms with E-state index < -0.39 is 10.0 Å². The van der Waals surface area contributed by atoms with Crippen molar-refractivity contribution in [2.24, 2.45) is 11.8 Å². The van der Waals surface area contributed by atoms with Crippen LogP contribution in [0.15, 0.2) is 23.9 Å². The molecule has 0 fully saturated rings. The molecule has 1 aliphatic carbocycles. The minimum atomic E-state index is -3.13. The molecule has 80 valence electrons. The third kappa shape index (κ3) is 3.54. The van der Waals surface area contributed by atoms with Crippen LogP contribution < -0.4 is 4.72 Å². The van der Waals surface area contributed by atoms with Crippen molar-refractivity contribution in [2.75, 3.05) is 6.26 Å². The van der Waals surface area contributed by atoms with E-state index in [1.165, 1.54) is 0 Å². The Hall–Kier alpha value is -0.770. The van der Waals surface area contributed by atoms with Gasteiger partial charge in [0.2, 0.25) is 10.0 Å². The van der Waals surface area contributed by atoms with Gasteiger partial charge in [-0.25, -0.2) is 8.42 Å². The zero-order chi connectivity index (χ0) is 10.8. The number of hydrogen-bond acceptors (Lipinski definition) is 2. The molecule has 1 aliphatic rings. The van der Waals surface area contributed by atoms with E-state index in [0.717, 1.165) is 12.7 Å². The van der Waals surface area contributed by atoms with E-state index in [9.17, 15) is 8.42 Å². The number of hydrogen-bond donors (Lipinski definition) is 1. The summed E-state index contributed by atoms with van der Waals surface area (Å²) in [5.74, 6) is 1.13. The second kappa shape index (κ2) is 4.17. The van der Waals surface area contributed by atoms with Crippen molar-refractivity contribution in [3.8, 4) is 0 Å². The Morgan fingerprint density at radius 3 is 2.50 bits per heavy atom. The average Bonchev–Trinajstić information content (AvgIpc) is 2.02. The average molecular weight is 215 g/mol. The molecule has 0 aromatic carbocycles. The number of sulfonamides is 1. The minimum Gasteiger partial charge on any atom is -0.284 e.